The van der Waals surface area contributed by atoms with Gasteiger partial charge in [-0.25, -0.2) is 8.78 Å². The molecule has 2 atom stereocenters. The number of hydrogen-bond acceptors (Lipinski definition) is 10. The third-order valence-electron chi connectivity index (χ3n) is 10.1. The second kappa shape index (κ2) is 13.7. The number of terminal acetylenes is 1. The van der Waals surface area contributed by atoms with Crippen LogP contribution in [0.4, 0.5) is 14.6 Å². The van der Waals surface area contributed by atoms with E-state index in [4.69, 9.17) is 20.9 Å². The van der Waals surface area contributed by atoms with E-state index >= 15 is 4.39 Å². The number of anilines is 1. The molecule has 7 rings (SSSR count). The minimum atomic E-state index is -1.11. The van der Waals surface area contributed by atoms with Crippen molar-refractivity contribution in [2.24, 2.45) is 5.41 Å². The van der Waals surface area contributed by atoms with Crippen LogP contribution in [0.15, 0.2) is 43.1 Å². The smallest absolute Gasteiger partial charge is 0.319 e. The van der Waals surface area contributed by atoms with Crippen LogP contribution in [0.2, 0.25) is 0 Å². The van der Waals surface area contributed by atoms with Crippen molar-refractivity contribution in [1.29, 1.82) is 0 Å². The number of hydrogen-bond donors (Lipinski definition) is 3. The van der Waals surface area contributed by atoms with E-state index in [1.807, 2.05) is 4.90 Å². The maximum Gasteiger partial charge on any atom is 0.319 e. The number of phenolic OH excluding ortho intramolecular Hbond substituents is 1. The first-order chi connectivity index (χ1) is 24.5. The summed E-state index contributed by atoms with van der Waals surface area (Å²) in [7, 11) is 0. The fourth-order valence-corrected chi connectivity index (χ4v) is 7.22. The van der Waals surface area contributed by atoms with E-state index in [0.29, 0.717) is 44.0 Å². The molecule has 2 aliphatic heterocycles. The second-order valence-corrected chi connectivity index (χ2v) is 14.2. The SMILES string of the molecule is C#Cc1c(F)ccc2cc(O)cc(-c3ncc4c(N5CC[C@@](C)(O)C[C@@H](NC(=O)C=C)C5)nc(OCC5(CN6CCOCC6)CC5)nc4c3F)c12. The van der Waals surface area contributed by atoms with Gasteiger partial charge >= 0.3 is 6.01 Å². The highest BCUT2D eigenvalue weighted by Crippen LogP contribution is 2.47. The zero-order valence-corrected chi connectivity index (χ0v) is 28.4. The van der Waals surface area contributed by atoms with Crippen molar-refractivity contribution in [2.45, 2.75) is 44.2 Å². The summed E-state index contributed by atoms with van der Waals surface area (Å²) in [6.07, 6.45) is 10.8. The minimum Gasteiger partial charge on any atom is -0.508 e. The van der Waals surface area contributed by atoms with Gasteiger partial charge in [-0.3, -0.25) is 14.7 Å². The zero-order chi connectivity index (χ0) is 35.9. The Hall–Kier alpha value is -4.90. The average Bonchev–Trinajstić information content (AvgIpc) is 3.90. The van der Waals surface area contributed by atoms with E-state index in [2.05, 4.69) is 32.7 Å². The van der Waals surface area contributed by atoms with Gasteiger partial charge in [0.2, 0.25) is 5.91 Å². The van der Waals surface area contributed by atoms with Crippen LogP contribution in [-0.4, -0.2) is 100 Å². The van der Waals surface area contributed by atoms with Crippen molar-refractivity contribution in [1.82, 2.24) is 25.2 Å². The largest absolute Gasteiger partial charge is 0.508 e. The number of pyridine rings is 1. The van der Waals surface area contributed by atoms with Crippen molar-refractivity contribution in [3.8, 4) is 35.4 Å². The van der Waals surface area contributed by atoms with Gasteiger partial charge in [-0.05, 0) is 62.3 Å². The molecular formula is C38H40F2N6O5. The molecule has 4 aromatic rings. The Morgan fingerprint density at radius 2 is 2.00 bits per heavy atom. The van der Waals surface area contributed by atoms with E-state index in [0.717, 1.165) is 32.5 Å². The predicted molar refractivity (Wildman–Crippen MR) is 188 cm³/mol. The van der Waals surface area contributed by atoms with Crippen LogP contribution >= 0.6 is 0 Å². The number of aromatic hydroxyl groups is 1. The number of benzene rings is 2. The van der Waals surface area contributed by atoms with Crippen molar-refractivity contribution in [2.75, 3.05) is 57.4 Å². The number of nitrogens with one attached hydrogen (secondary N) is 1. The van der Waals surface area contributed by atoms with Gasteiger partial charge in [0, 0.05) is 61.3 Å². The van der Waals surface area contributed by atoms with Gasteiger partial charge in [0.25, 0.3) is 0 Å². The molecule has 3 N–H and O–H groups in total. The first kappa shape index (κ1) is 34.5. The molecule has 2 aromatic carbocycles. The topological polar surface area (TPSA) is 133 Å². The van der Waals surface area contributed by atoms with E-state index in [1.54, 1.807) is 6.92 Å². The second-order valence-electron chi connectivity index (χ2n) is 14.2. The van der Waals surface area contributed by atoms with Crippen molar-refractivity contribution >= 4 is 33.4 Å². The van der Waals surface area contributed by atoms with E-state index in [-0.39, 0.29) is 69.2 Å². The number of amides is 1. The van der Waals surface area contributed by atoms with Crippen LogP contribution in [0, 0.1) is 29.4 Å². The summed E-state index contributed by atoms with van der Waals surface area (Å²) < 4.78 is 43.7. The number of aromatic nitrogens is 3. The number of halogens is 2. The number of aliphatic hydroxyl groups is 1. The van der Waals surface area contributed by atoms with Crippen LogP contribution in [0.25, 0.3) is 32.9 Å². The van der Waals surface area contributed by atoms with Gasteiger partial charge < -0.3 is 29.9 Å². The Morgan fingerprint density at radius 1 is 1.22 bits per heavy atom. The van der Waals surface area contributed by atoms with Crippen LogP contribution < -0.4 is 15.0 Å². The average molecular weight is 699 g/mol. The van der Waals surface area contributed by atoms with Gasteiger partial charge in [-0.2, -0.15) is 9.97 Å². The maximum absolute atomic E-state index is 17.0. The van der Waals surface area contributed by atoms with E-state index in [1.165, 1.54) is 36.5 Å². The predicted octanol–water partition coefficient (Wildman–Crippen LogP) is 4.32. The number of carbonyl (C=O) groups excluding carboxylic acids is 1. The van der Waals surface area contributed by atoms with Crippen molar-refractivity contribution in [3.05, 3.63) is 60.3 Å². The number of ether oxygens (including phenoxy) is 2. The van der Waals surface area contributed by atoms with E-state index < -0.39 is 23.3 Å². The molecule has 2 saturated heterocycles. The Morgan fingerprint density at radius 3 is 2.73 bits per heavy atom. The summed E-state index contributed by atoms with van der Waals surface area (Å²) in [4.78, 5) is 30.4. The highest BCUT2D eigenvalue weighted by Gasteiger charge is 2.45. The van der Waals surface area contributed by atoms with Crippen LogP contribution in [0.1, 0.15) is 38.2 Å². The zero-order valence-electron chi connectivity index (χ0n) is 28.4. The fraction of sp³-hybridized carbons (Fsp3) is 0.421. The molecule has 3 fully saturated rings. The molecule has 3 aliphatic rings. The molecule has 266 valence electrons. The van der Waals surface area contributed by atoms with Gasteiger partial charge in [-0.1, -0.05) is 18.6 Å². The summed E-state index contributed by atoms with van der Waals surface area (Å²) >= 11 is 0. The summed E-state index contributed by atoms with van der Waals surface area (Å²) in [5, 5.41) is 25.5. The Bertz CT molecular complexity index is 2060. The number of morpholine rings is 1. The lowest BCUT2D eigenvalue weighted by atomic mass is 9.95. The molecule has 2 aromatic heterocycles. The van der Waals surface area contributed by atoms with Crippen LogP contribution in [0.3, 0.4) is 0 Å². The van der Waals surface area contributed by atoms with Crippen LogP contribution in [-0.2, 0) is 9.53 Å². The van der Waals surface area contributed by atoms with Gasteiger partial charge in [0.05, 0.1) is 36.4 Å². The summed E-state index contributed by atoms with van der Waals surface area (Å²) in [6.45, 7) is 10.0. The normalized spacial score (nSPS) is 21.9. The number of phenols is 1. The van der Waals surface area contributed by atoms with Crippen molar-refractivity contribution < 1.29 is 33.3 Å². The standard InChI is InChI=1S/C38H40F2N6O5/c1-4-26-29(39)7-6-23-16-25(47)17-27(31(23)26)33-32(40)34-28(19-41-33)35(46-11-10-37(3,49)18-24(20-46)42-30(48)5-2)44-36(43-34)51-22-38(8-9-38)21-45-12-14-50-15-13-45/h1,5-7,16-17,19,24,47,49H,2,8-15,18,20-22H2,3H3,(H,42,48)/t24-,37-/m1/s1. The van der Waals surface area contributed by atoms with Gasteiger partial charge in [0.1, 0.15) is 28.6 Å². The third kappa shape index (κ3) is 7.17. The summed E-state index contributed by atoms with van der Waals surface area (Å²) in [5.74, 6) is 0.603. The molecule has 1 amide bonds. The molecule has 51 heavy (non-hydrogen) atoms. The third-order valence-corrected chi connectivity index (χ3v) is 10.1. The molecule has 0 bridgehead atoms. The molecule has 0 spiro atoms. The molecule has 4 heterocycles. The molecule has 13 heteroatoms. The summed E-state index contributed by atoms with van der Waals surface area (Å²) in [6, 6.07) is 4.85. The molecule has 0 unspecified atom stereocenters. The number of rotatable bonds is 9. The molecule has 11 nitrogen and oxygen atoms in total. The van der Waals surface area contributed by atoms with Crippen molar-refractivity contribution in [3.63, 3.8) is 0 Å². The summed E-state index contributed by atoms with van der Waals surface area (Å²) in [5.41, 5.74) is -1.48. The van der Waals surface area contributed by atoms with E-state index in [9.17, 15) is 19.4 Å². The quantitative estimate of drug-likeness (QED) is 0.172. The highest BCUT2D eigenvalue weighted by atomic mass is 19.1. The molecular weight excluding hydrogens is 658 g/mol. The lowest BCUT2D eigenvalue weighted by molar-refractivity contribution is -0.117. The van der Waals surface area contributed by atoms with Gasteiger partial charge in [0.15, 0.2) is 5.82 Å². The van der Waals surface area contributed by atoms with Crippen LogP contribution in [0.5, 0.6) is 11.8 Å². The molecule has 1 aliphatic carbocycles. The lowest BCUT2D eigenvalue weighted by Crippen LogP contribution is -2.44. The fourth-order valence-electron chi connectivity index (χ4n) is 7.22. The Labute approximate surface area is 294 Å². The minimum absolute atomic E-state index is 0.0411. The highest BCUT2D eigenvalue weighted by molar-refractivity contribution is 6.03. The maximum atomic E-state index is 17.0. The number of nitrogens with zero attached hydrogens (tertiary/aromatic N) is 5. The first-order valence-electron chi connectivity index (χ1n) is 17.1. The Kier molecular flexibility index (Phi) is 9.26. The lowest BCUT2D eigenvalue weighted by Gasteiger charge is -2.30. The first-order valence-corrected chi connectivity index (χ1v) is 17.1. The number of carbonyl (C=O) groups is 1. The molecule has 0 radical (unpaired) electrons. The van der Waals surface area contributed by atoms with Gasteiger partial charge in [-0.15, -0.1) is 6.42 Å². The molecule has 1 saturated carbocycles. The number of fused-ring (bicyclic) bond motifs is 2. The monoisotopic (exact) mass is 698 g/mol. The Balaban J connectivity index is 1.34.